The van der Waals surface area contributed by atoms with Crippen LogP contribution in [0.5, 0.6) is 5.75 Å². The van der Waals surface area contributed by atoms with E-state index in [0.29, 0.717) is 18.6 Å². The van der Waals surface area contributed by atoms with Gasteiger partial charge in [-0.05, 0) is 56.0 Å². The van der Waals surface area contributed by atoms with Crippen LogP contribution < -0.4 is 26.0 Å². The summed E-state index contributed by atoms with van der Waals surface area (Å²) in [5.41, 5.74) is 1.61. The summed E-state index contributed by atoms with van der Waals surface area (Å²) in [5, 5.41) is 11.4. The molecule has 2 aliphatic rings. The van der Waals surface area contributed by atoms with Crippen molar-refractivity contribution < 1.29 is 28.7 Å². The molecule has 2 aliphatic heterocycles. The van der Waals surface area contributed by atoms with Gasteiger partial charge in [-0.1, -0.05) is 40.2 Å². The zero-order valence-electron chi connectivity index (χ0n) is 25.2. The molecule has 4 N–H and O–H groups in total. The first-order valence-corrected chi connectivity index (χ1v) is 14.4. The largest absolute Gasteiger partial charge is 0.496 e. The first-order valence-electron chi connectivity index (χ1n) is 14.4. The minimum absolute atomic E-state index is 0.171. The number of rotatable bonds is 8. The number of likely N-dealkylation sites (N-methyl/N-ethyl adjacent to an activating group) is 1. The minimum Gasteiger partial charge on any atom is -0.496 e. The van der Waals surface area contributed by atoms with Gasteiger partial charge in [-0.3, -0.25) is 19.2 Å². The van der Waals surface area contributed by atoms with E-state index in [1.54, 1.807) is 27.2 Å². The van der Waals surface area contributed by atoms with Crippen LogP contribution in [0.2, 0.25) is 0 Å². The van der Waals surface area contributed by atoms with Crippen LogP contribution in [-0.2, 0) is 30.5 Å². The van der Waals surface area contributed by atoms with Gasteiger partial charge in [0.1, 0.15) is 23.9 Å². The van der Waals surface area contributed by atoms with Gasteiger partial charge in [-0.15, -0.1) is 0 Å². The van der Waals surface area contributed by atoms with Crippen LogP contribution in [-0.4, -0.2) is 79.5 Å². The minimum atomic E-state index is -0.974. The molecule has 0 radical (unpaired) electrons. The molecule has 11 heteroatoms. The van der Waals surface area contributed by atoms with Crippen LogP contribution in [0.15, 0.2) is 24.4 Å². The Labute approximate surface area is 242 Å². The molecule has 4 amide bonds. The molecule has 6 atom stereocenters. The number of amides is 4. The summed E-state index contributed by atoms with van der Waals surface area (Å²) in [5.74, 6) is -1.24. The second-order valence-electron chi connectivity index (χ2n) is 11.1. The standard InChI is InChI=1S/C30H45N5O6/c1-8-18(4)25(34-27(36)19(5)31-6)30(39)35-14-12-23-26(35)29(38)33-24(17(2)3)28(37)32-13-11-21-15-20(16-41-23)9-10-22(21)40-7/h9-11,13,15,17-19,23-26,31H,8,12,14,16H2,1-7H3,(H,32,37)(H,33,38)(H,34,36)/b13-11-/t18-,19+,23-,24-,25-,26-/m0/s1. The number of fused-ring (bicyclic) bond motifs is 3. The first-order chi connectivity index (χ1) is 19.5. The number of benzene rings is 1. The van der Waals surface area contributed by atoms with Gasteiger partial charge in [0, 0.05) is 18.3 Å². The van der Waals surface area contributed by atoms with Crippen molar-refractivity contribution in [2.24, 2.45) is 11.8 Å². The second-order valence-corrected chi connectivity index (χ2v) is 11.1. The molecule has 0 unspecified atom stereocenters. The third-order valence-corrected chi connectivity index (χ3v) is 7.99. The third-order valence-electron chi connectivity index (χ3n) is 7.99. The normalized spacial score (nSPS) is 24.3. The van der Waals surface area contributed by atoms with E-state index in [9.17, 15) is 19.2 Å². The third kappa shape index (κ3) is 7.65. The first kappa shape index (κ1) is 32.1. The molecule has 0 aliphatic carbocycles. The van der Waals surface area contributed by atoms with Gasteiger partial charge in [0.2, 0.25) is 23.6 Å². The summed E-state index contributed by atoms with van der Waals surface area (Å²) in [7, 11) is 3.25. The number of nitrogens with one attached hydrogen (secondary N) is 4. The van der Waals surface area contributed by atoms with Crippen molar-refractivity contribution in [1.29, 1.82) is 0 Å². The topological polar surface area (TPSA) is 138 Å². The Morgan fingerprint density at radius 1 is 1.17 bits per heavy atom. The average Bonchev–Trinajstić information content (AvgIpc) is 3.39. The fraction of sp³-hybridized carbons (Fsp3) is 0.600. The maximum atomic E-state index is 14.0. The Balaban J connectivity index is 1.98. The van der Waals surface area contributed by atoms with E-state index in [1.165, 1.54) is 11.1 Å². The molecule has 1 saturated heterocycles. The molecule has 226 valence electrons. The van der Waals surface area contributed by atoms with Gasteiger partial charge >= 0.3 is 0 Å². The van der Waals surface area contributed by atoms with Crippen LogP contribution in [0.25, 0.3) is 6.08 Å². The van der Waals surface area contributed by atoms with Gasteiger partial charge in [0.05, 0.1) is 25.9 Å². The molecule has 2 bridgehead atoms. The van der Waals surface area contributed by atoms with Crippen LogP contribution in [0.3, 0.4) is 0 Å². The highest BCUT2D eigenvalue weighted by atomic mass is 16.5. The summed E-state index contributed by atoms with van der Waals surface area (Å²) in [6.07, 6.45) is 3.74. The van der Waals surface area contributed by atoms with Crippen molar-refractivity contribution in [2.75, 3.05) is 20.7 Å². The number of hydrogen-bond donors (Lipinski definition) is 4. The van der Waals surface area contributed by atoms with Crippen molar-refractivity contribution in [3.8, 4) is 5.75 Å². The monoisotopic (exact) mass is 571 g/mol. The van der Waals surface area contributed by atoms with Crippen molar-refractivity contribution in [2.45, 2.75) is 84.3 Å². The molecular formula is C30H45N5O6. The van der Waals surface area contributed by atoms with Gasteiger partial charge in [0.15, 0.2) is 0 Å². The van der Waals surface area contributed by atoms with E-state index in [4.69, 9.17) is 9.47 Å². The maximum Gasteiger partial charge on any atom is 0.246 e. The lowest BCUT2D eigenvalue weighted by Gasteiger charge is -2.34. The molecule has 0 spiro atoms. The Kier molecular flexibility index (Phi) is 11.3. The summed E-state index contributed by atoms with van der Waals surface area (Å²) in [6, 6.07) is 2.47. The number of carbonyl (C=O) groups excluding carboxylic acids is 4. The van der Waals surface area contributed by atoms with Crippen molar-refractivity contribution >= 4 is 29.7 Å². The van der Waals surface area contributed by atoms with E-state index >= 15 is 0 Å². The number of ether oxygens (including phenoxy) is 2. The molecule has 41 heavy (non-hydrogen) atoms. The molecule has 11 nitrogen and oxygen atoms in total. The molecule has 0 aromatic heterocycles. The van der Waals surface area contributed by atoms with Gasteiger partial charge in [-0.2, -0.15) is 0 Å². The highest BCUT2D eigenvalue weighted by Crippen LogP contribution is 2.27. The molecule has 1 aromatic rings. The maximum absolute atomic E-state index is 14.0. The quantitative estimate of drug-likeness (QED) is 0.372. The number of nitrogens with zero attached hydrogens (tertiary/aromatic N) is 1. The Bertz CT molecular complexity index is 1140. The van der Waals surface area contributed by atoms with Crippen molar-refractivity contribution in [3.05, 3.63) is 35.5 Å². The van der Waals surface area contributed by atoms with E-state index < -0.39 is 36.2 Å². The van der Waals surface area contributed by atoms with Crippen LogP contribution >= 0.6 is 0 Å². The number of methoxy groups -OCH3 is 1. The number of likely N-dealkylation sites (tertiary alicyclic amines) is 1. The van der Waals surface area contributed by atoms with E-state index in [-0.39, 0.29) is 42.7 Å². The highest BCUT2D eigenvalue weighted by molar-refractivity contribution is 5.96. The Morgan fingerprint density at radius 3 is 2.54 bits per heavy atom. The van der Waals surface area contributed by atoms with Gasteiger partial charge in [-0.25, -0.2) is 0 Å². The van der Waals surface area contributed by atoms with Crippen LogP contribution in [0.4, 0.5) is 0 Å². The summed E-state index contributed by atoms with van der Waals surface area (Å²) in [6.45, 7) is 9.74. The molecule has 0 saturated carbocycles. The van der Waals surface area contributed by atoms with E-state index in [2.05, 4.69) is 21.3 Å². The van der Waals surface area contributed by atoms with E-state index in [1.807, 2.05) is 45.9 Å². The smallest absolute Gasteiger partial charge is 0.246 e. The zero-order chi connectivity index (χ0) is 30.3. The SMILES string of the molecule is CC[C@H](C)[C@H](NC(=O)[C@@H](C)NC)C(=O)N1CC[C@@H]2OCc3ccc(OC)c(c3)/C=C\NC(=O)[C@H](C(C)C)NC(=O)[C@H]21. The van der Waals surface area contributed by atoms with Crippen LogP contribution in [0.1, 0.15) is 58.6 Å². The molecule has 3 rings (SSSR count). The van der Waals surface area contributed by atoms with E-state index in [0.717, 1.165) is 11.1 Å². The zero-order valence-corrected chi connectivity index (χ0v) is 25.2. The molecule has 1 fully saturated rings. The predicted octanol–water partition coefficient (Wildman–Crippen LogP) is 1.56. The highest BCUT2D eigenvalue weighted by Gasteiger charge is 2.46. The van der Waals surface area contributed by atoms with Crippen molar-refractivity contribution in [1.82, 2.24) is 26.2 Å². The number of hydrogen-bond acceptors (Lipinski definition) is 7. The predicted molar refractivity (Wildman–Crippen MR) is 156 cm³/mol. The van der Waals surface area contributed by atoms with Gasteiger partial charge < -0.3 is 35.6 Å². The van der Waals surface area contributed by atoms with Crippen molar-refractivity contribution in [3.63, 3.8) is 0 Å². The number of carbonyl (C=O) groups is 4. The Morgan fingerprint density at radius 2 is 1.90 bits per heavy atom. The molecular weight excluding hydrogens is 526 g/mol. The summed E-state index contributed by atoms with van der Waals surface area (Å²) in [4.78, 5) is 55.3. The lowest BCUT2D eigenvalue weighted by molar-refractivity contribution is -0.146. The summed E-state index contributed by atoms with van der Waals surface area (Å²) >= 11 is 0. The van der Waals surface area contributed by atoms with Crippen LogP contribution in [0, 0.1) is 11.8 Å². The average molecular weight is 572 g/mol. The lowest BCUT2D eigenvalue weighted by atomic mass is 9.96. The fourth-order valence-electron chi connectivity index (χ4n) is 5.05. The van der Waals surface area contributed by atoms with Gasteiger partial charge in [0.25, 0.3) is 0 Å². The lowest BCUT2D eigenvalue weighted by Crippen LogP contribution is -2.60. The second kappa shape index (κ2) is 14.5. The fourth-order valence-corrected chi connectivity index (χ4v) is 5.05. The molecule has 1 aromatic carbocycles. The summed E-state index contributed by atoms with van der Waals surface area (Å²) < 4.78 is 11.7. The Hall–Kier alpha value is -3.44. The molecule has 2 heterocycles.